The summed E-state index contributed by atoms with van der Waals surface area (Å²) in [5, 5.41) is 22.6. The third-order valence-electron chi connectivity index (χ3n) is 6.66. The first-order valence-electron chi connectivity index (χ1n) is 13.6. The Morgan fingerprint density at radius 3 is 2.54 bits per heavy atom. The van der Waals surface area contributed by atoms with Gasteiger partial charge in [0.1, 0.15) is 5.82 Å². The Balaban J connectivity index is 1.92. The van der Waals surface area contributed by atoms with Gasteiger partial charge in [-0.15, -0.1) is 0 Å². The molecule has 220 valence electrons. The van der Waals surface area contributed by atoms with Crippen molar-refractivity contribution in [1.82, 2.24) is 19.9 Å². The third kappa shape index (κ3) is 7.91. The van der Waals surface area contributed by atoms with Crippen LogP contribution in [0.15, 0.2) is 42.5 Å². The van der Waals surface area contributed by atoms with Crippen LogP contribution in [0.3, 0.4) is 0 Å². The van der Waals surface area contributed by atoms with Gasteiger partial charge in [-0.3, -0.25) is 19.4 Å². The number of benzene rings is 2. The number of imidazole rings is 1. The number of nitrogens with zero attached hydrogens (tertiary/aromatic N) is 3. The summed E-state index contributed by atoms with van der Waals surface area (Å²) in [5.41, 5.74) is 2.57. The predicted molar refractivity (Wildman–Crippen MR) is 150 cm³/mol. The topological polar surface area (TPSA) is 134 Å². The first-order valence-corrected chi connectivity index (χ1v) is 13.6. The van der Waals surface area contributed by atoms with E-state index in [1.165, 1.54) is 12.1 Å². The van der Waals surface area contributed by atoms with Crippen LogP contribution in [-0.4, -0.2) is 56.4 Å². The van der Waals surface area contributed by atoms with Crippen LogP contribution in [0.25, 0.3) is 11.1 Å². The number of amides is 2. The zero-order valence-electron chi connectivity index (χ0n) is 23.8. The SMILES string of the molecule is CCOc1nc(CC)c(CNC(=O)C(CC(C)C)CN(O)C=O)n1Cc1ccc(-c2ccccc2C(=O)O)cc1F. The molecule has 0 fully saturated rings. The van der Waals surface area contributed by atoms with Gasteiger partial charge in [0.15, 0.2) is 0 Å². The summed E-state index contributed by atoms with van der Waals surface area (Å²) < 4.78 is 22.9. The monoisotopic (exact) mass is 568 g/mol. The molecule has 0 aliphatic rings. The molecule has 0 radical (unpaired) electrons. The lowest BCUT2D eigenvalue weighted by atomic mass is 9.96. The number of nitrogens with one attached hydrogen (secondary N) is 1. The Morgan fingerprint density at radius 1 is 1.20 bits per heavy atom. The van der Waals surface area contributed by atoms with Crippen LogP contribution in [0.1, 0.15) is 61.4 Å². The largest absolute Gasteiger partial charge is 0.478 e. The van der Waals surface area contributed by atoms with E-state index in [2.05, 4.69) is 10.3 Å². The van der Waals surface area contributed by atoms with Crippen LogP contribution in [0.5, 0.6) is 6.01 Å². The van der Waals surface area contributed by atoms with Gasteiger partial charge >= 0.3 is 5.97 Å². The van der Waals surface area contributed by atoms with E-state index >= 15 is 4.39 Å². The van der Waals surface area contributed by atoms with Crippen LogP contribution < -0.4 is 10.1 Å². The molecule has 41 heavy (non-hydrogen) atoms. The van der Waals surface area contributed by atoms with E-state index < -0.39 is 17.7 Å². The summed E-state index contributed by atoms with van der Waals surface area (Å²) in [6.07, 6.45) is 1.26. The minimum Gasteiger partial charge on any atom is -0.478 e. The van der Waals surface area contributed by atoms with E-state index in [0.717, 1.165) is 0 Å². The van der Waals surface area contributed by atoms with Crippen LogP contribution >= 0.6 is 0 Å². The number of ether oxygens (including phenoxy) is 1. The molecule has 3 aromatic rings. The molecule has 0 bridgehead atoms. The lowest BCUT2D eigenvalue weighted by molar-refractivity contribution is -0.155. The predicted octanol–water partition coefficient (Wildman–Crippen LogP) is 4.52. The smallest absolute Gasteiger partial charge is 0.336 e. The summed E-state index contributed by atoms with van der Waals surface area (Å²) in [6.45, 7) is 7.95. The Labute approximate surface area is 238 Å². The van der Waals surface area contributed by atoms with Crippen LogP contribution in [-0.2, 0) is 29.1 Å². The molecule has 2 aromatic carbocycles. The fraction of sp³-hybridized carbons (Fsp3) is 0.400. The van der Waals surface area contributed by atoms with Gasteiger partial charge in [0, 0.05) is 5.56 Å². The fourth-order valence-corrected chi connectivity index (χ4v) is 4.75. The van der Waals surface area contributed by atoms with Crippen LogP contribution in [0, 0.1) is 17.7 Å². The molecule has 0 spiro atoms. The second-order valence-corrected chi connectivity index (χ2v) is 10.1. The molecule has 1 heterocycles. The van der Waals surface area contributed by atoms with Crippen molar-refractivity contribution < 1.29 is 33.8 Å². The molecule has 2 amide bonds. The number of carbonyl (C=O) groups is 3. The van der Waals surface area contributed by atoms with Gasteiger partial charge in [-0.05, 0) is 48.9 Å². The van der Waals surface area contributed by atoms with Crippen molar-refractivity contribution in [3.8, 4) is 17.1 Å². The molecule has 0 aliphatic heterocycles. The van der Waals surface area contributed by atoms with Gasteiger partial charge < -0.3 is 15.2 Å². The van der Waals surface area contributed by atoms with Crippen molar-refractivity contribution in [3.05, 3.63) is 70.8 Å². The molecule has 11 heteroatoms. The van der Waals surface area contributed by atoms with Gasteiger partial charge in [0.2, 0.25) is 12.3 Å². The first kappa shape index (κ1) is 31.3. The Kier molecular flexibility index (Phi) is 11.0. The highest BCUT2D eigenvalue weighted by atomic mass is 19.1. The van der Waals surface area contributed by atoms with Crippen molar-refractivity contribution in [2.24, 2.45) is 11.8 Å². The van der Waals surface area contributed by atoms with Crippen LogP contribution in [0.2, 0.25) is 0 Å². The van der Waals surface area contributed by atoms with E-state index in [4.69, 9.17) is 4.74 Å². The maximum absolute atomic E-state index is 15.4. The molecule has 1 unspecified atom stereocenters. The molecule has 0 saturated heterocycles. The number of hydrogen-bond donors (Lipinski definition) is 3. The second-order valence-electron chi connectivity index (χ2n) is 10.1. The van der Waals surface area contributed by atoms with Gasteiger partial charge in [-0.1, -0.05) is 51.1 Å². The minimum atomic E-state index is -1.10. The van der Waals surface area contributed by atoms with Crippen molar-refractivity contribution in [3.63, 3.8) is 0 Å². The number of hydrogen-bond acceptors (Lipinski definition) is 6. The normalized spacial score (nSPS) is 11.8. The van der Waals surface area contributed by atoms with E-state index in [0.29, 0.717) is 52.6 Å². The third-order valence-corrected chi connectivity index (χ3v) is 6.66. The Morgan fingerprint density at radius 2 is 1.93 bits per heavy atom. The first-order chi connectivity index (χ1) is 19.6. The number of aryl methyl sites for hydroxylation is 1. The summed E-state index contributed by atoms with van der Waals surface area (Å²) in [6, 6.07) is 11.3. The highest BCUT2D eigenvalue weighted by Gasteiger charge is 2.24. The maximum atomic E-state index is 15.4. The van der Waals surface area contributed by atoms with Crippen molar-refractivity contribution >= 4 is 18.3 Å². The highest BCUT2D eigenvalue weighted by Crippen LogP contribution is 2.28. The molecule has 0 saturated carbocycles. The Hall–Kier alpha value is -4.25. The number of hydroxylamine groups is 2. The van der Waals surface area contributed by atoms with Gasteiger partial charge in [-0.25, -0.2) is 14.2 Å². The minimum absolute atomic E-state index is 0.0607. The number of halogens is 1. The summed E-state index contributed by atoms with van der Waals surface area (Å²) >= 11 is 0. The maximum Gasteiger partial charge on any atom is 0.336 e. The summed E-state index contributed by atoms with van der Waals surface area (Å²) in [7, 11) is 0. The molecular formula is C30H37FN4O6. The summed E-state index contributed by atoms with van der Waals surface area (Å²) in [4.78, 5) is 40.2. The Bertz CT molecular complexity index is 1370. The van der Waals surface area contributed by atoms with Gasteiger partial charge in [-0.2, -0.15) is 4.98 Å². The number of aromatic carboxylic acids is 1. The number of carboxylic acids is 1. The number of carbonyl (C=O) groups excluding carboxylic acids is 2. The molecule has 0 aliphatic carbocycles. The standard InChI is InChI=1S/C30H37FN4O6/c1-5-26-27(15-32-28(37)22(13-19(3)4)16-34(40)18-36)35(30(33-26)41-6-2)17-21-12-11-20(14-25(21)31)23-9-7-8-10-24(23)29(38)39/h7-12,14,18-19,22,40H,5-6,13,15-17H2,1-4H3,(H,32,37)(H,38,39). The zero-order chi connectivity index (χ0) is 30.1. The highest BCUT2D eigenvalue weighted by molar-refractivity contribution is 5.96. The molecule has 1 atom stereocenters. The number of rotatable bonds is 15. The van der Waals surface area contributed by atoms with Gasteiger partial charge in [0.05, 0.1) is 49.1 Å². The lowest BCUT2D eigenvalue weighted by Crippen LogP contribution is -2.38. The van der Waals surface area contributed by atoms with E-state index in [1.54, 1.807) is 34.9 Å². The average Bonchev–Trinajstić information content (AvgIpc) is 3.27. The van der Waals surface area contributed by atoms with E-state index in [-0.39, 0.29) is 49.4 Å². The molecule has 3 N–H and O–H groups in total. The molecular weight excluding hydrogens is 531 g/mol. The second kappa shape index (κ2) is 14.4. The zero-order valence-corrected chi connectivity index (χ0v) is 23.8. The molecule has 1 aromatic heterocycles. The van der Waals surface area contributed by atoms with Crippen molar-refractivity contribution in [2.75, 3.05) is 13.2 Å². The number of carboxylic acid groups (broad SMARTS) is 1. The van der Waals surface area contributed by atoms with Gasteiger partial charge in [0.25, 0.3) is 6.01 Å². The fourth-order valence-electron chi connectivity index (χ4n) is 4.75. The average molecular weight is 569 g/mol. The van der Waals surface area contributed by atoms with E-state index in [9.17, 15) is 24.7 Å². The summed E-state index contributed by atoms with van der Waals surface area (Å²) in [5.74, 6) is -2.44. The molecule has 3 rings (SSSR count). The van der Waals surface area contributed by atoms with Crippen LogP contribution in [0.4, 0.5) is 4.39 Å². The quantitative estimate of drug-likeness (QED) is 0.139. The van der Waals surface area contributed by atoms with Crippen molar-refractivity contribution in [1.29, 1.82) is 0 Å². The van der Waals surface area contributed by atoms with E-state index in [1.807, 2.05) is 27.7 Å². The lowest BCUT2D eigenvalue weighted by Gasteiger charge is -2.21. The molecule has 10 nitrogen and oxygen atoms in total. The van der Waals surface area contributed by atoms with Crippen molar-refractivity contribution in [2.45, 2.75) is 53.6 Å². The number of aromatic nitrogens is 2.